The smallest absolute Gasteiger partial charge is 0.334 e. The molecule has 0 bridgehead atoms. The summed E-state index contributed by atoms with van der Waals surface area (Å²) in [5.41, 5.74) is 0.419. The van der Waals surface area contributed by atoms with E-state index >= 15 is 0 Å². The number of hydrogen-bond donors (Lipinski definition) is 1. The topological polar surface area (TPSA) is 62.3 Å². The first-order chi connectivity index (χ1) is 11.9. The van der Waals surface area contributed by atoms with Crippen LogP contribution in [0.5, 0.6) is 0 Å². The van der Waals surface area contributed by atoms with E-state index in [4.69, 9.17) is 0 Å². The first kappa shape index (κ1) is 17.2. The van der Waals surface area contributed by atoms with Gasteiger partial charge in [0.05, 0.1) is 5.92 Å². The van der Waals surface area contributed by atoms with Gasteiger partial charge in [-0.3, -0.25) is 14.6 Å². The molecular weight excluding hydrogens is 335 g/mol. The SMILES string of the molecule is O=C(Nc1cccc2cnccc12)C(=O)N1CCC[C@H](C(F)(F)F)C1. The number of carbonyl (C=O) groups is 2. The third-order valence-electron chi connectivity index (χ3n) is 4.29. The molecule has 0 unspecified atom stereocenters. The Hall–Kier alpha value is -2.64. The van der Waals surface area contributed by atoms with E-state index in [1.807, 2.05) is 0 Å². The lowest BCUT2D eigenvalue weighted by atomic mass is 9.97. The van der Waals surface area contributed by atoms with Crippen molar-refractivity contribution in [3.8, 4) is 0 Å². The molecule has 1 saturated heterocycles. The first-order valence-corrected chi connectivity index (χ1v) is 7.86. The number of likely N-dealkylation sites (tertiary alicyclic amines) is 1. The van der Waals surface area contributed by atoms with Crippen LogP contribution in [0.25, 0.3) is 10.8 Å². The number of halogens is 3. The van der Waals surface area contributed by atoms with Crippen molar-refractivity contribution in [3.05, 3.63) is 36.7 Å². The van der Waals surface area contributed by atoms with Gasteiger partial charge in [-0.1, -0.05) is 12.1 Å². The van der Waals surface area contributed by atoms with Crippen molar-refractivity contribution in [2.45, 2.75) is 19.0 Å². The molecule has 1 N–H and O–H groups in total. The molecule has 0 radical (unpaired) electrons. The van der Waals surface area contributed by atoms with E-state index in [0.29, 0.717) is 11.1 Å². The highest BCUT2D eigenvalue weighted by Gasteiger charge is 2.43. The maximum Gasteiger partial charge on any atom is 0.393 e. The summed E-state index contributed by atoms with van der Waals surface area (Å²) in [4.78, 5) is 29.4. The molecule has 1 atom stereocenters. The Kier molecular flexibility index (Phi) is 4.61. The van der Waals surface area contributed by atoms with Crippen LogP contribution in [0, 0.1) is 5.92 Å². The van der Waals surface area contributed by atoms with Gasteiger partial charge in [0, 0.05) is 41.9 Å². The second kappa shape index (κ2) is 6.70. The van der Waals surface area contributed by atoms with E-state index in [1.165, 1.54) is 0 Å². The van der Waals surface area contributed by atoms with Crippen LogP contribution in [-0.4, -0.2) is 41.0 Å². The van der Waals surface area contributed by atoms with E-state index < -0.39 is 30.5 Å². The number of nitrogens with zero attached hydrogens (tertiary/aromatic N) is 2. The Bertz CT molecular complexity index is 802. The van der Waals surface area contributed by atoms with Crippen LogP contribution < -0.4 is 5.32 Å². The Morgan fingerprint density at radius 3 is 2.80 bits per heavy atom. The van der Waals surface area contributed by atoms with Gasteiger partial charge in [0.2, 0.25) is 0 Å². The molecule has 132 valence electrons. The lowest BCUT2D eigenvalue weighted by molar-refractivity contribution is -0.188. The van der Waals surface area contributed by atoms with Crippen LogP contribution in [0.15, 0.2) is 36.7 Å². The standard InChI is InChI=1S/C17H16F3N3O2/c18-17(19,20)12-4-2-8-23(10-12)16(25)15(24)22-14-5-1-3-11-9-21-7-6-13(11)14/h1,3,5-7,9,12H,2,4,8,10H2,(H,22,24)/t12-/m0/s1. The zero-order valence-corrected chi connectivity index (χ0v) is 13.2. The van der Waals surface area contributed by atoms with Crippen molar-refractivity contribution in [2.75, 3.05) is 18.4 Å². The summed E-state index contributed by atoms with van der Waals surface area (Å²) in [6, 6.07) is 6.82. The lowest BCUT2D eigenvalue weighted by Crippen LogP contribution is -2.48. The molecule has 2 aromatic rings. The van der Waals surface area contributed by atoms with Crippen LogP contribution in [0.3, 0.4) is 0 Å². The van der Waals surface area contributed by atoms with Crippen molar-refractivity contribution in [2.24, 2.45) is 5.92 Å². The van der Waals surface area contributed by atoms with E-state index in [9.17, 15) is 22.8 Å². The number of carbonyl (C=O) groups excluding carboxylic acids is 2. The number of benzene rings is 1. The normalized spacial score (nSPS) is 18.2. The van der Waals surface area contributed by atoms with Gasteiger partial charge in [-0.15, -0.1) is 0 Å². The Morgan fingerprint density at radius 2 is 2.04 bits per heavy atom. The van der Waals surface area contributed by atoms with Crippen LogP contribution in [0.2, 0.25) is 0 Å². The fourth-order valence-corrected chi connectivity index (χ4v) is 2.98. The lowest BCUT2D eigenvalue weighted by Gasteiger charge is -2.33. The van der Waals surface area contributed by atoms with Gasteiger partial charge < -0.3 is 10.2 Å². The molecule has 0 aliphatic carbocycles. The molecule has 25 heavy (non-hydrogen) atoms. The van der Waals surface area contributed by atoms with Crippen molar-refractivity contribution in [1.29, 1.82) is 0 Å². The number of alkyl halides is 3. The highest BCUT2D eigenvalue weighted by molar-refractivity contribution is 6.40. The molecule has 1 aromatic heterocycles. The molecule has 2 amide bonds. The highest BCUT2D eigenvalue weighted by atomic mass is 19.4. The zero-order chi connectivity index (χ0) is 18.0. The van der Waals surface area contributed by atoms with E-state index in [2.05, 4.69) is 10.3 Å². The number of nitrogens with one attached hydrogen (secondary N) is 1. The molecule has 3 rings (SSSR count). The van der Waals surface area contributed by atoms with Crippen LogP contribution in [0.1, 0.15) is 12.8 Å². The molecule has 1 aromatic carbocycles. The minimum absolute atomic E-state index is 0.0226. The Morgan fingerprint density at radius 1 is 1.24 bits per heavy atom. The maximum atomic E-state index is 12.9. The molecule has 2 heterocycles. The minimum Gasteiger partial charge on any atom is -0.334 e. The summed E-state index contributed by atoms with van der Waals surface area (Å²) in [5, 5.41) is 3.98. The third kappa shape index (κ3) is 3.72. The summed E-state index contributed by atoms with van der Waals surface area (Å²) >= 11 is 0. The quantitative estimate of drug-likeness (QED) is 0.804. The number of fused-ring (bicyclic) bond motifs is 1. The molecule has 0 spiro atoms. The number of piperidine rings is 1. The predicted octanol–water partition coefficient (Wildman–Crippen LogP) is 2.97. The predicted molar refractivity (Wildman–Crippen MR) is 85.7 cm³/mol. The third-order valence-corrected chi connectivity index (χ3v) is 4.29. The molecule has 8 heteroatoms. The fourth-order valence-electron chi connectivity index (χ4n) is 2.98. The summed E-state index contributed by atoms with van der Waals surface area (Å²) < 4.78 is 38.6. The second-order valence-corrected chi connectivity index (χ2v) is 5.99. The zero-order valence-electron chi connectivity index (χ0n) is 13.2. The molecule has 5 nitrogen and oxygen atoms in total. The van der Waals surface area contributed by atoms with E-state index in [1.54, 1.807) is 36.7 Å². The molecule has 1 aliphatic heterocycles. The maximum absolute atomic E-state index is 12.9. The van der Waals surface area contributed by atoms with Crippen molar-refractivity contribution in [3.63, 3.8) is 0 Å². The minimum atomic E-state index is -4.36. The summed E-state index contributed by atoms with van der Waals surface area (Å²) in [5.74, 6) is -3.46. The number of hydrogen-bond acceptors (Lipinski definition) is 3. The number of aromatic nitrogens is 1. The molecule has 1 aliphatic rings. The number of anilines is 1. The average Bonchev–Trinajstić information content (AvgIpc) is 2.61. The molecular formula is C17H16F3N3O2. The van der Waals surface area contributed by atoms with Crippen LogP contribution in [0.4, 0.5) is 18.9 Å². The fraction of sp³-hybridized carbons (Fsp3) is 0.353. The number of rotatable bonds is 1. The monoisotopic (exact) mass is 351 g/mol. The summed E-state index contributed by atoms with van der Waals surface area (Å²) in [6.07, 6.45) is -0.990. The summed E-state index contributed by atoms with van der Waals surface area (Å²) in [6.45, 7) is -0.326. The van der Waals surface area contributed by atoms with Gasteiger partial charge in [-0.05, 0) is 25.0 Å². The summed E-state index contributed by atoms with van der Waals surface area (Å²) in [7, 11) is 0. The average molecular weight is 351 g/mol. The van der Waals surface area contributed by atoms with Gasteiger partial charge >= 0.3 is 18.0 Å². The second-order valence-electron chi connectivity index (χ2n) is 5.99. The van der Waals surface area contributed by atoms with Crippen molar-refractivity contribution < 1.29 is 22.8 Å². The Balaban J connectivity index is 1.73. The van der Waals surface area contributed by atoms with Gasteiger partial charge in [0.15, 0.2) is 0 Å². The number of amides is 2. The van der Waals surface area contributed by atoms with E-state index in [0.717, 1.165) is 10.3 Å². The van der Waals surface area contributed by atoms with Crippen LogP contribution >= 0.6 is 0 Å². The first-order valence-electron chi connectivity index (χ1n) is 7.86. The largest absolute Gasteiger partial charge is 0.393 e. The van der Waals surface area contributed by atoms with Gasteiger partial charge in [-0.2, -0.15) is 13.2 Å². The van der Waals surface area contributed by atoms with Crippen LogP contribution in [-0.2, 0) is 9.59 Å². The number of pyridine rings is 1. The van der Waals surface area contributed by atoms with E-state index in [-0.39, 0.29) is 19.4 Å². The van der Waals surface area contributed by atoms with Gasteiger partial charge in [0.1, 0.15) is 0 Å². The van der Waals surface area contributed by atoms with Crippen molar-refractivity contribution >= 4 is 28.3 Å². The molecule has 0 saturated carbocycles. The van der Waals surface area contributed by atoms with Gasteiger partial charge in [-0.25, -0.2) is 0 Å². The van der Waals surface area contributed by atoms with Gasteiger partial charge in [0.25, 0.3) is 0 Å². The highest BCUT2D eigenvalue weighted by Crippen LogP contribution is 2.33. The Labute approximate surface area is 141 Å². The van der Waals surface area contributed by atoms with Crippen molar-refractivity contribution in [1.82, 2.24) is 9.88 Å². The molecule has 1 fully saturated rings.